The topological polar surface area (TPSA) is 49.8 Å². The summed E-state index contributed by atoms with van der Waals surface area (Å²) in [6.45, 7) is 8.93. The molecule has 0 amide bonds. The van der Waals surface area contributed by atoms with E-state index in [0.29, 0.717) is 13.2 Å². The zero-order valence-corrected chi connectivity index (χ0v) is 10.5. The Morgan fingerprint density at radius 2 is 2.31 bits per heavy atom. The van der Waals surface area contributed by atoms with Gasteiger partial charge in [0.15, 0.2) is 0 Å². The van der Waals surface area contributed by atoms with E-state index in [1.54, 1.807) is 0 Å². The van der Waals surface area contributed by atoms with Crippen molar-refractivity contribution in [3.05, 3.63) is 0 Å². The van der Waals surface area contributed by atoms with Crippen LogP contribution in [0.1, 0.15) is 33.6 Å². The number of nitrogens with zero attached hydrogens (tertiary/aromatic N) is 1. The van der Waals surface area contributed by atoms with Gasteiger partial charge in [-0.2, -0.15) is 0 Å². The molecule has 1 N–H and O–H groups in total. The van der Waals surface area contributed by atoms with Crippen LogP contribution in [0.2, 0.25) is 0 Å². The van der Waals surface area contributed by atoms with Crippen molar-refractivity contribution in [3.8, 4) is 0 Å². The highest BCUT2D eigenvalue weighted by molar-refractivity contribution is 5.74. The molecule has 1 saturated heterocycles. The summed E-state index contributed by atoms with van der Waals surface area (Å²) in [5.74, 6) is -0.687. The van der Waals surface area contributed by atoms with Crippen LogP contribution < -0.4 is 0 Å². The Bertz CT molecular complexity index is 244. The number of hydrogen-bond donors (Lipinski definition) is 1. The van der Waals surface area contributed by atoms with Gasteiger partial charge in [-0.3, -0.25) is 9.69 Å². The molecule has 0 aromatic heterocycles. The predicted molar refractivity (Wildman–Crippen MR) is 62.5 cm³/mol. The Balaban J connectivity index is 2.57. The lowest BCUT2D eigenvalue weighted by atomic mass is 9.85. The lowest BCUT2D eigenvalue weighted by molar-refractivity contribution is -0.150. The van der Waals surface area contributed by atoms with Crippen molar-refractivity contribution in [1.82, 2.24) is 4.90 Å². The number of morpholine rings is 1. The molecule has 0 bridgehead atoms. The average Bonchev–Trinajstić information content (AvgIpc) is 2.17. The Morgan fingerprint density at radius 1 is 1.62 bits per heavy atom. The second kappa shape index (κ2) is 5.64. The van der Waals surface area contributed by atoms with Crippen LogP contribution in [-0.2, 0) is 9.53 Å². The van der Waals surface area contributed by atoms with Crippen LogP contribution in [0.5, 0.6) is 0 Å². The van der Waals surface area contributed by atoms with Gasteiger partial charge >= 0.3 is 5.97 Å². The highest BCUT2D eigenvalue weighted by Gasteiger charge is 2.35. The standard InChI is InChI=1S/C12H23NO3/c1-4-5-12(3,11(14)15)9-13-6-7-16-10(2)8-13/h10H,4-9H2,1-3H3,(H,14,15). The van der Waals surface area contributed by atoms with Gasteiger partial charge in [-0.25, -0.2) is 0 Å². The van der Waals surface area contributed by atoms with E-state index < -0.39 is 11.4 Å². The summed E-state index contributed by atoms with van der Waals surface area (Å²) in [6.07, 6.45) is 1.85. The van der Waals surface area contributed by atoms with E-state index in [-0.39, 0.29) is 6.10 Å². The summed E-state index contributed by atoms with van der Waals surface area (Å²) in [5, 5.41) is 9.30. The third kappa shape index (κ3) is 3.46. The smallest absolute Gasteiger partial charge is 0.310 e. The van der Waals surface area contributed by atoms with Crippen LogP contribution in [0, 0.1) is 5.41 Å². The molecule has 0 spiro atoms. The third-order valence-electron chi connectivity index (χ3n) is 3.22. The zero-order chi connectivity index (χ0) is 12.2. The molecule has 0 saturated carbocycles. The molecule has 0 aromatic rings. The molecule has 1 aliphatic rings. The molecule has 1 fully saturated rings. The van der Waals surface area contributed by atoms with E-state index in [9.17, 15) is 9.90 Å². The van der Waals surface area contributed by atoms with Crippen molar-refractivity contribution in [1.29, 1.82) is 0 Å². The minimum absolute atomic E-state index is 0.216. The van der Waals surface area contributed by atoms with Gasteiger partial charge in [-0.15, -0.1) is 0 Å². The first-order chi connectivity index (χ1) is 7.48. The fourth-order valence-electron chi connectivity index (χ4n) is 2.33. The van der Waals surface area contributed by atoms with Gasteiger partial charge in [0.2, 0.25) is 0 Å². The van der Waals surface area contributed by atoms with E-state index in [2.05, 4.69) is 4.90 Å². The maximum atomic E-state index is 11.3. The summed E-state index contributed by atoms with van der Waals surface area (Å²) in [6, 6.07) is 0. The lowest BCUT2D eigenvalue weighted by Gasteiger charge is -2.36. The Kier molecular flexibility index (Phi) is 4.74. The summed E-state index contributed by atoms with van der Waals surface area (Å²) in [4.78, 5) is 13.5. The second-order valence-corrected chi connectivity index (χ2v) is 5.03. The number of aliphatic carboxylic acids is 1. The fourth-order valence-corrected chi connectivity index (χ4v) is 2.33. The lowest BCUT2D eigenvalue weighted by Crippen LogP contribution is -2.48. The minimum Gasteiger partial charge on any atom is -0.481 e. The molecule has 0 radical (unpaired) electrons. The fraction of sp³-hybridized carbons (Fsp3) is 0.917. The van der Waals surface area contributed by atoms with E-state index in [1.165, 1.54) is 0 Å². The first kappa shape index (κ1) is 13.5. The number of rotatable bonds is 5. The number of hydrogen-bond acceptors (Lipinski definition) is 3. The quantitative estimate of drug-likeness (QED) is 0.778. The molecular weight excluding hydrogens is 206 g/mol. The summed E-state index contributed by atoms with van der Waals surface area (Å²) < 4.78 is 5.45. The molecule has 1 rings (SSSR count). The molecular formula is C12H23NO3. The SMILES string of the molecule is CCCC(C)(CN1CCOC(C)C1)C(=O)O. The number of ether oxygens (including phenoxy) is 1. The number of carboxylic acids is 1. The van der Waals surface area contributed by atoms with Crippen LogP contribution in [0.3, 0.4) is 0 Å². The summed E-state index contributed by atoms with van der Waals surface area (Å²) >= 11 is 0. The zero-order valence-electron chi connectivity index (χ0n) is 10.5. The molecule has 94 valence electrons. The largest absolute Gasteiger partial charge is 0.481 e. The van der Waals surface area contributed by atoms with Crippen molar-refractivity contribution in [2.75, 3.05) is 26.2 Å². The Morgan fingerprint density at radius 3 is 2.81 bits per heavy atom. The van der Waals surface area contributed by atoms with Crippen LogP contribution in [-0.4, -0.2) is 48.3 Å². The molecule has 0 aromatic carbocycles. The van der Waals surface area contributed by atoms with Gasteiger partial charge in [-0.1, -0.05) is 13.3 Å². The number of carbonyl (C=O) groups is 1. The van der Waals surface area contributed by atoms with Crippen LogP contribution in [0.15, 0.2) is 0 Å². The molecule has 16 heavy (non-hydrogen) atoms. The normalized spacial score (nSPS) is 26.3. The van der Waals surface area contributed by atoms with Crippen molar-refractivity contribution in [3.63, 3.8) is 0 Å². The number of carboxylic acid groups (broad SMARTS) is 1. The Labute approximate surface area is 97.6 Å². The van der Waals surface area contributed by atoms with Crippen LogP contribution >= 0.6 is 0 Å². The molecule has 2 unspecified atom stereocenters. The molecule has 1 heterocycles. The van der Waals surface area contributed by atoms with Crippen molar-refractivity contribution in [2.24, 2.45) is 5.41 Å². The highest BCUT2D eigenvalue weighted by atomic mass is 16.5. The first-order valence-corrected chi connectivity index (χ1v) is 6.05. The third-order valence-corrected chi connectivity index (χ3v) is 3.22. The molecule has 0 aliphatic carbocycles. The predicted octanol–water partition coefficient (Wildman–Crippen LogP) is 1.60. The maximum absolute atomic E-state index is 11.3. The van der Waals surface area contributed by atoms with E-state index in [0.717, 1.165) is 25.9 Å². The van der Waals surface area contributed by atoms with E-state index in [1.807, 2.05) is 20.8 Å². The van der Waals surface area contributed by atoms with Gasteiger partial charge in [0.1, 0.15) is 0 Å². The second-order valence-electron chi connectivity index (χ2n) is 5.03. The minimum atomic E-state index is -0.687. The molecule has 2 atom stereocenters. The van der Waals surface area contributed by atoms with Gasteiger partial charge < -0.3 is 9.84 Å². The molecule has 4 nitrogen and oxygen atoms in total. The summed E-state index contributed by atoms with van der Waals surface area (Å²) in [5.41, 5.74) is -0.619. The monoisotopic (exact) mass is 229 g/mol. The molecule has 1 aliphatic heterocycles. The summed E-state index contributed by atoms with van der Waals surface area (Å²) in [7, 11) is 0. The van der Waals surface area contributed by atoms with Crippen LogP contribution in [0.25, 0.3) is 0 Å². The van der Waals surface area contributed by atoms with Gasteiger partial charge in [0.25, 0.3) is 0 Å². The van der Waals surface area contributed by atoms with Gasteiger partial charge in [-0.05, 0) is 20.3 Å². The Hall–Kier alpha value is -0.610. The van der Waals surface area contributed by atoms with E-state index >= 15 is 0 Å². The highest BCUT2D eigenvalue weighted by Crippen LogP contribution is 2.25. The van der Waals surface area contributed by atoms with E-state index in [4.69, 9.17) is 4.74 Å². The van der Waals surface area contributed by atoms with Crippen molar-refractivity contribution < 1.29 is 14.6 Å². The van der Waals surface area contributed by atoms with Crippen molar-refractivity contribution >= 4 is 5.97 Å². The van der Waals surface area contributed by atoms with Crippen LogP contribution in [0.4, 0.5) is 0 Å². The van der Waals surface area contributed by atoms with Crippen molar-refractivity contribution in [2.45, 2.75) is 39.7 Å². The van der Waals surface area contributed by atoms with Gasteiger partial charge in [0, 0.05) is 19.6 Å². The van der Waals surface area contributed by atoms with Gasteiger partial charge in [0.05, 0.1) is 18.1 Å². The average molecular weight is 229 g/mol. The first-order valence-electron chi connectivity index (χ1n) is 6.05. The maximum Gasteiger partial charge on any atom is 0.310 e. The molecule has 4 heteroatoms.